The van der Waals surface area contributed by atoms with Gasteiger partial charge in [-0.1, -0.05) is 164 Å². The molecule has 0 saturated carbocycles. The van der Waals surface area contributed by atoms with Crippen molar-refractivity contribution in [3.63, 3.8) is 0 Å². The molecule has 1 aliphatic heterocycles. The van der Waals surface area contributed by atoms with Gasteiger partial charge in [0, 0.05) is 27.8 Å². The molecule has 0 N–H and O–H groups in total. The smallest absolute Gasteiger partial charge is 0.160 e. The van der Waals surface area contributed by atoms with E-state index in [0.29, 0.717) is 5.82 Å². The number of aromatic nitrogens is 2. The number of para-hydroxylation sites is 1. The highest BCUT2D eigenvalue weighted by molar-refractivity contribution is 5.78. The summed E-state index contributed by atoms with van der Waals surface area (Å²) in [5.41, 5.74) is 11.1. The van der Waals surface area contributed by atoms with Crippen molar-refractivity contribution in [2.75, 3.05) is 0 Å². The molecule has 9 rings (SSSR count). The summed E-state index contributed by atoms with van der Waals surface area (Å²) in [7, 11) is 0. The van der Waals surface area contributed by atoms with Crippen LogP contribution in [0.4, 0.5) is 0 Å². The van der Waals surface area contributed by atoms with Crippen LogP contribution in [0.15, 0.2) is 194 Å². The van der Waals surface area contributed by atoms with Gasteiger partial charge in [-0.2, -0.15) is 0 Å². The molecule has 1 aromatic heterocycles. The molecule has 0 fully saturated rings. The van der Waals surface area contributed by atoms with Crippen molar-refractivity contribution in [2.24, 2.45) is 0 Å². The SMILES string of the molecule is c1ccc(-c2cc(-c3cccc(-c4ccc5c(c4)C(c4ccccc4)(c4ccccc4)c4ccccc4O5)c3)nc(-c3ccccc3)n2)cc1. The van der Waals surface area contributed by atoms with E-state index >= 15 is 0 Å². The second kappa shape index (κ2) is 12.5. The first-order valence-corrected chi connectivity index (χ1v) is 16.9. The summed E-state index contributed by atoms with van der Waals surface area (Å²) in [5, 5.41) is 0. The molecular weight excluding hydrogens is 609 g/mol. The lowest BCUT2D eigenvalue weighted by Crippen LogP contribution is -2.34. The van der Waals surface area contributed by atoms with Gasteiger partial charge in [-0.15, -0.1) is 0 Å². The molecule has 0 atom stereocenters. The number of ether oxygens (including phenoxy) is 1. The average molecular weight is 641 g/mol. The Morgan fingerprint density at radius 2 is 0.840 bits per heavy atom. The first-order chi connectivity index (χ1) is 24.8. The molecular formula is C47H32N2O. The van der Waals surface area contributed by atoms with Gasteiger partial charge in [0.1, 0.15) is 11.5 Å². The summed E-state index contributed by atoms with van der Waals surface area (Å²) in [6, 6.07) is 67.9. The maximum atomic E-state index is 6.65. The van der Waals surface area contributed by atoms with Gasteiger partial charge in [-0.3, -0.25) is 0 Å². The monoisotopic (exact) mass is 640 g/mol. The van der Waals surface area contributed by atoms with Gasteiger partial charge in [-0.25, -0.2) is 9.97 Å². The van der Waals surface area contributed by atoms with Crippen LogP contribution in [-0.2, 0) is 5.41 Å². The van der Waals surface area contributed by atoms with E-state index < -0.39 is 5.41 Å². The minimum atomic E-state index is -0.581. The van der Waals surface area contributed by atoms with Crippen molar-refractivity contribution in [1.82, 2.24) is 9.97 Å². The molecule has 0 unspecified atom stereocenters. The van der Waals surface area contributed by atoms with Crippen molar-refractivity contribution in [2.45, 2.75) is 5.41 Å². The lowest BCUT2D eigenvalue weighted by Gasteiger charge is -2.41. The number of hydrogen-bond donors (Lipinski definition) is 0. The molecule has 2 heterocycles. The van der Waals surface area contributed by atoms with E-state index in [1.165, 1.54) is 11.1 Å². The molecule has 3 heteroatoms. The standard InChI is InChI=1S/C47H32N2O/c1-5-16-33(17-6-1)42-32-43(49-46(48-42)34-18-7-2-8-19-34)37-21-15-20-35(30-37)36-28-29-45-41(31-36)47(38-22-9-3-10-23-38,39-24-11-4-12-25-39)40-26-13-14-27-44(40)50-45/h1-32H. The van der Waals surface area contributed by atoms with Gasteiger partial charge in [-0.05, 0) is 52.6 Å². The normalized spacial score (nSPS) is 12.7. The average Bonchev–Trinajstić information content (AvgIpc) is 3.21. The fraction of sp³-hybridized carbons (Fsp3) is 0.0213. The molecule has 7 aromatic carbocycles. The van der Waals surface area contributed by atoms with E-state index in [9.17, 15) is 0 Å². The molecule has 0 amide bonds. The predicted octanol–water partition coefficient (Wildman–Crippen LogP) is 11.6. The van der Waals surface area contributed by atoms with Gasteiger partial charge >= 0.3 is 0 Å². The van der Waals surface area contributed by atoms with Crippen LogP contribution >= 0.6 is 0 Å². The first kappa shape index (κ1) is 29.6. The number of benzene rings is 7. The lowest BCUT2D eigenvalue weighted by atomic mass is 9.63. The zero-order chi connectivity index (χ0) is 33.3. The second-order valence-corrected chi connectivity index (χ2v) is 12.6. The minimum absolute atomic E-state index is 0.581. The molecule has 50 heavy (non-hydrogen) atoms. The summed E-state index contributed by atoms with van der Waals surface area (Å²) in [5.74, 6) is 2.43. The van der Waals surface area contributed by atoms with Crippen LogP contribution in [0.25, 0.3) is 45.0 Å². The molecule has 3 nitrogen and oxygen atoms in total. The Morgan fingerprint density at radius 3 is 1.52 bits per heavy atom. The summed E-state index contributed by atoms with van der Waals surface area (Å²) < 4.78 is 6.65. The van der Waals surface area contributed by atoms with Gasteiger partial charge in [0.05, 0.1) is 16.8 Å². The number of fused-ring (bicyclic) bond motifs is 2. The third-order valence-corrected chi connectivity index (χ3v) is 9.63. The van der Waals surface area contributed by atoms with Crippen LogP contribution in [0, 0.1) is 0 Å². The Labute approximate surface area is 292 Å². The topological polar surface area (TPSA) is 35.0 Å². The van der Waals surface area contributed by atoms with Crippen molar-refractivity contribution in [3.8, 4) is 56.5 Å². The number of hydrogen-bond acceptors (Lipinski definition) is 3. The van der Waals surface area contributed by atoms with Crippen molar-refractivity contribution in [3.05, 3.63) is 216 Å². The summed E-state index contributed by atoms with van der Waals surface area (Å²) in [6.45, 7) is 0. The molecule has 0 radical (unpaired) electrons. The molecule has 0 spiro atoms. The van der Waals surface area contributed by atoms with E-state index in [2.05, 4.69) is 152 Å². The predicted molar refractivity (Wildman–Crippen MR) is 202 cm³/mol. The van der Waals surface area contributed by atoms with Crippen LogP contribution in [0.3, 0.4) is 0 Å². The molecule has 0 bridgehead atoms. The van der Waals surface area contributed by atoms with Gasteiger partial charge in [0.2, 0.25) is 0 Å². The Balaban J connectivity index is 1.22. The Kier molecular flexibility index (Phi) is 7.37. The third kappa shape index (κ3) is 5.08. The van der Waals surface area contributed by atoms with E-state index in [-0.39, 0.29) is 0 Å². The summed E-state index contributed by atoms with van der Waals surface area (Å²) in [4.78, 5) is 10.1. The molecule has 0 aliphatic carbocycles. The van der Waals surface area contributed by atoms with Gasteiger partial charge < -0.3 is 4.74 Å². The van der Waals surface area contributed by atoms with Crippen LogP contribution in [-0.4, -0.2) is 9.97 Å². The van der Waals surface area contributed by atoms with Crippen LogP contribution in [0.2, 0.25) is 0 Å². The quantitative estimate of drug-likeness (QED) is 0.181. The van der Waals surface area contributed by atoms with Crippen molar-refractivity contribution < 1.29 is 4.74 Å². The Bertz CT molecular complexity index is 2350. The summed E-state index contributed by atoms with van der Waals surface area (Å²) >= 11 is 0. The lowest BCUT2D eigenvalue weighted by molar-refractivity contribution is 0.434. The zero-order valence-corrected chi connectivity index (χ0v) is 27.3. The van der Waals surface area contributed by atoms with Crippen LogP contribution in [0.5, 0.6) is 11.5 Å². The van der Waals surface area contributed by atoms with Crippen LogP contribution in [0.1, 0.15) is 22.3 Å². The van der Waals surface area contributed by atoms with E-state index in [0.717, 1.165) is 61.8 Å². The first-order valence-electron chi connectivity index (χ1n) is 16.9. The van der Waals surface area contributed by atoms with Crippen LogP contribution < -0.4 is 4.74 Å². The van der Waals surface area contributed by atoms with Crippen molar-refractivity contribution in [1.29, 1.82) is 0 Å². The maximum absolute atomic E-state index is 6.65. The molecule has 8 aromatic rings. The number of rotatable bonds is 6. The largest absolute Gasteiger partial charge is 0.457 e. The fourth-order valence-electron chi connectivity index (χ4n) is 7.31. The van der Waals surface area contributed by atoms with E-state index in [4.69, 9.17) is 14.7 Å². The molecule has 1 aliphatic rings. The van der Waals surface area contributed by atoms with Crippen molar-refractivity contribution >= 4 is 0 Å². The minimum Gasteiger partial charge on any atom is -0.457 e. The van der Waals surface area contributed by atoms with Gasteiger partial charge in [0.15, 0.2) is 5.82 Å². The summed E-state index contributed by atoms with van der Waals surface area (Å²) in [6.07, 6.45) is 0. The highest BCUT2D eigenvalue weighted by atomic mass is 16.5. The second-order valence-electron chi connectivity index (χ2n) is 12.6. The molecule has 236 valence electrons. The number of nitrogens with zero attached hydrogens (tertiary/aromatic N) is 2. The molecule has 0 saturated heterocycles. The third-order valence-electron chi connectivity index (χ3n) is 9.63. The highest BCUT2D eigenvalue weighted by Gasteiger charge is 2.45. The maximum Gasteiger partial charge on any atom is 0.160 e. The van der Waals surface area contributed by atoms with Gasteiger partial charge in [0.25, 0.3) is 0 Å². The Hall–Kier alpha value is -6.58. The fourth-order valence-corrected chi connectivity index (χ4v) is 7.31. The Morgan fingerprint density at radius 1 is 0.340 bits per heavy atom. The highest BCUT2D eigenvalue weighted by Crippen LogP contribution is 2.55. The zero-order valence-electron chi connectivity index (χ0n) is 27.3. The van der Waals surface area contributed by atoms with E-state index in [1.807, 2.05) is 42.5 Å². The van der Waals surface area contributed by atoms with E-state index in [1.54, 1.807) is 0 Å².